The Morgan fingerprint density at radius 1 is 1.23 bits per heavy atom. The maximum absolute atomic E-state index is 15.3. The van der Waals surface area contributed by atoms with Crippen LogP contribution in [0.15, 0.2) is 23.0 Å². The third kappa shape index (κ3) is 3.90. The highest BCUT2D eigenvalue weighted by Crippen LogP contribution is 2.53. The van der Waals surface area contributed by atoms with Crippen LogP contribution in [0.1, 0.15) is 36.8 Å². The molecule has 2 amide bonds. The van der Waals surface area contributed by atoms with Gasteiger partial charge in [0.15, 0.2) is 11.4 Å². The molecule has 0 spiro atoms. The first-order chi connectivity index (χ1) is 18.7. The lowest BCUT2D eigenvalue weighted by atomic mass is 9.57. The van der Waals surface area contributed by atoms with Crippen molar-refractivity contribution < 1.29 is 43.6 Å². The molecule has 2 saturated carbocycles. The second-order valence-electron chi connectivity index (χ2n) is 11.3. The number of halogens is 2. The maximum atomic E-state index is 15.3. The van der Waals surface area contributed by atoms with Crippen molar-refractivity contribution in [2.24, 2.45) is 23.5 Å². The number of aromatic hydroxyl groups is 1. The molecule has 0 saturated heterocycles. The summed E-state index contributed by atoms with van der Waals surface area (Å²) in [5, 5.41) is 55.6. The van der Waals surface area contributed by atoms with E-state index >= 15 is 4.39 Å². The van der Waals surface area contributed by atoms with E-state index in [9.17, 15) is 39.2 Å². The molecule has 4 aliphatic carbocycles. The molecular weight excluding hydrogens is 530 g/mol. The van der Waals surface area contributed by atoms with Gasteiger partial charge in [-0.1, -0.05) is 0 Å². The Kier molecular flexibility index (Phi) is 6.49. The van der Waals surface area contributed by atoms with E-state index in [-0.39, 0.29) is 54.8 Å². The molecule has 0 aromatic heterocycles. The number of nitrogens with zero attached hydrogens (tertiary/aromatic N) is 1. The number of aliphatic hydroxyl groups excluding tert-OH is 2. The number of nitrogens with two attached hydrogens (primary N) is 1. The third-order valence-electron chi connectivity index (χ3n) is 8.65. The smallest absolute Gasteiger partial charge is 0.254 e. The predicted octanol–water partition coefficient (Wildman–Crippen LogP) is 1.63. The zero-order valence-corrected chi connectivity index (χ0v) is 21.8. The molecule has 214 valence electrons. The van der Waals surface area contributed by atoms with Gasteiger partial charge in [-0.25, -0.2) is 8.78 Å². The molecular formula is C27H30F2N4O7. The fourth-order valence-corrected chi connectivity index (χ4v) is 6.70. The number of benzene rings is 1. The van der Waals surface area contributed by atoms with Gasteiger partial charge in [-0.15, -0.1) is 0 Å². The van der Waals surface area contributed by atoms with Crippen molar-refractivity contribution in [3.63, 3.8) is 0 Å². The lowest BCUT2D eigenvalue weighted by molar-refractivity contribution is -0.138. The number of aliphatic hydroxyl groups is 3. The minimum Gasteiger partial charge on any atom is -0.510 e. The average Bonchev–Trinajstić information content (AvgIpc) is 2.83. The van der Waals surface area contributed by atoms with Crippen LogP contribution in [0.2, 0.25) is 0 Å². The van der Waals surface area contributed by atoms with Gasteiger partial charge in [0.25, 0.3) is 5.91 Å². The summed E-state index contributed by atoms with van der Waals surface area (Å²) in [5.74, 6) is -8.14. The molecule has 0 bridgehead atoms. The van der Waals surface area contributed by atoms with Crippen LogP contribution in [0.25, 0.3) is 5.76 Å². The van der Waals surface area contributed by atoms with Crippen molar-refractivity contribution in [3.8, 4) is 5.75 Å². The molecule has 8 N–H and O–H groups in total. The van der Waals surface area contributed by atoms with Crippen molar-refractivity contribution in [1.29, 1.82) is 5.41 Å². The molecule has 1 aromatic rings. The normalized spacial score (nSPS) is 31.4. The summed E-state index contributed by atoms with van der Waals surface area (Å²) >= 11 is 0. The second-order valence-corrected chi connectivity index (χ2v) is 11.3. The van der Waals surface area contributed by atoms with Crippen molar-refractivity contribution in [1.82, 2.24) is 4.90 Å². The Hall–Kier alpha value is -3.84. The molecule has 1 aromatic carbocycles. The molecule has 2 fully saturated rings. The monoisotopic (exact) mass is 560 g/mol. The van der Waals surface area contributed by atoms with Gasteiger partial charge in [0, 0.05) is 29.5 Å². The van der Waals surface area contributed by atoms with Crippen LogP contribution in [0.5, 0.6) is 5.75 Å². The van der Waals surface area contributed by atoms with Gasteiger partial charge in [0.2, 0.25) is 11.7 Å². The van der Waals surface area contributed by atoms with Crippen molar-refractivity contribution in [2.45, 2.75) is 49.9 Å². The van der Waals surface area contributed by atoms with Crippen LogP contribution < -0.4 is 11.1 Å². The molecule has 11 nitrogen and oxygen atoms in total. The summed E-state index contributed by atoms with van der Waals surface area (Å²) in [7, 11) is 3.07. The van der Waals surface area contributed by atoms with E-state index < -0.39 is 87.2 Å². The first-order valence-electron chi connectivity index (χ1n) is 12.9. The zero-order chi connectivity index (χ0) is 29.4. The van der Waals surface area contributed by atoms with E-state index in [1.54, 1.807) is 0 Å². The molecule has 0 unspecified atom stereocenters. The third-order valence-corrected chi connectivity index (χ3v) is 8.65. The molecule has 5 rings (SSSR count). The fraction of sp³-hybridized carbons (Fsp3) is 0.481. The van der Waals surface area contributed by atoms with Crippen LogP contribution in [0.4, 0.5) is 14.5 Å². The van der Waals surface area contributed by atoms with Gasteiger partial charge < -0.3 is 36.9 Å². The largest absolute Gasteiger partial charge is 0.510 e. The molecule has 4 atom stereocenters. The zero-order valence-electron chi connectivity index (χ0n) is 21.8. The number of hydrogen-bond donors (Lipinski definition) is 7. The summed E-state index contributed by atoms with van der Waals surface area (Å²) in [6.45, 7) is 0. The fourth-order valence-electron chi connectivity index (χ4n) is 6.70. The maximum Gasteiger partial charge on any atom is 0.254 e. The van der Waals surface area contributed by atoms with Crippen LogP contribution in [0.3, 0.4) is 0 Å². The number of phenolic OH excluding ortho intramolecular Hbond substituents is 1. The topological polar surface area (TPSA) is 197 Å². The van der Waals surface area contributed by atoms with E-state index in [1.807, 2.05) is 0 Å². The van der Waals surface area contributed by atoms with E-state index in [2.05, 4.69) is 5.32 Å². The highest BCUT2D eigenvalue weighted by atomic mass is 19.1. The number of nitrogens with one attached hydrogen (secondary N) is 2. The number of carbonyl (C=O) groups excluding carboxylic acids is 3. The van der Waals surface area contributed by atoms with Crippen LogP contribution in [-0.4, -0.2) is 80.5 Å². The lowest BCUT2D eigenvalue weighted by Gasteiger charge is -2.51. The van der Waals surface area contributed by atoms with Crippen LogP contribution in [0, 0.1) is 29.0 Å². The number of carbonyl (C=O) groups is 3. The minimum atomic E-state index is -2.67. The number of anilines is 1. The number of rotatable bonds is 5. The van der Waals surface area contributed by atoms with Gasteiger partial charge in [-0.05, 0) is 51.6 Å². The van der Waals surface area contributed by atoms with Crippen LogP contribution >= 0.6 is 0 Å². The Morgan fingerprint density at radius 3 is 2.45 bits per heavy atom. The van der Waals surface area contributed by atoms with E-state index in [0.717, 1.165) is 6.07 Å². The summed E-state index contributed by atoms with van der Waals surface area (Å²) < 4.78 is 28.4. The highest BCUT2D eigenvalue weighted by molar-refractivity contribution is 6.34. The van der Waals surface area contributed by atoms with Crippen molar-refractivity contribution in [2.75, 3.05) is 19.4 Å². The number of hydrogen-bond acceptors (Lipinski definition) is 9. The molecule has 40 heavy (non-hydrogen) atoms. The Labute approximate surface area is 227 Å². The molecule has 0 heterocycles. The Bertz CT molecular complexity index is 1430. The van der Waals surface area contributed by atoms with Crippen LogP contribution in [-0.2, 0) is 20.8 Å². The first-order valence-corrected chi connectivity index (χ1v) is 12.9. The number of fused-ring (bicyclic) bond motifs is 3. The first kappa shape index (κ1) is 27.7. The SMILES string of the molecule is CN(C)[C@@H]1C(O)=C(C(N)=O)C(=N)[C@@]2(O)C(=O)C3=C(O)c4c(O)c(NC(=O)CC5CC(F)C5)cc(F)c4C[C@H]3C[C@@H]12. The second kappa shape index (κ2) is 9.37. The van der Waals surface area contributed by atoms with Gasteiger partial charge in [-0.3, -0.25) is 19.3 Å². The predicted molar refractivity (Wildman–Crippen MR) is 138 cm³/mol. The highest BCUT2D eigenvalue weighted by Gasteiger charge is 2.63. The summed E-state index contributed by atoms with van der Waals surface area (Å²) in [6, 6.07) is -0.203. The molecule has 4 aliphatic rings. The Morgan fingerprint density at radius 2 is 1.88 bits per heavy atom. The minimum absolute atomic E-state index is 0.0433. The quantitative estimate of drug-likeness (QED) is 0.264. The number of alkyl halides is 1. The van der Waals surface area contributed by atoms with Gasteiger partial charge in [-0.2, -0.15) is 0 Å². The standard InChI is InChI=1S/C27H30F2N4O7/c1-33(2)20-13-7-10-6-12-14(29)8-15(32-16(34)5-9-3-11(28)4-9)21(35)18(12)22(36)17(10)25(38)27(13,40)24(30)19(23(20)37)26(31)39/h8-11,13,20,30,35-37,40H,3-7H2,1-2H3,(H2,31,39)(H,32,34)/t9?,10-,11?,13-,20-,27+/m0/s1. The number of ketones is 1. The Balaban J connectivity index is 1.57. The number of likely N-dealkylation sites (N-methyl/N-ethyl adjacent to an activating group) is 1. The van der Waals surface area contributed by atoms with Crippen molar-refractivity contribution in [3.05, 3.63) is 39.9 Å². The average molecular weight is 561 g/mol. The van der Waals surface area contributed by atoms with E-state index in [1.165, 1.54) is 19.0 Å². The summed E-state index contributed by atoms with van der Waals surface area (Å²) in [6.07, 6.45) is -0.834. The summed E-state index contributed by atoms with van der Waals surface area (Å²) in [4.78, 5) is 39.9. The molecule has 13 heteroatoms. The van der Waals surface area contributed by atoms with Gasteiger partial charge in [0.1, 0.15) is 29.1 Å². The van der Waals surface area contributed by atoms with E-state index in [4.69, 9.17) is 11.1 Å². The summed E-state index contributed by atoms with van der Waals surface area (Å²) in [5.41, 5.74) is -0.222. The number of Topliss-reactive ketones (excluding diaryl/α,β-unsaturated/α-hetero) is 1. The molecule has 0 radical (unpaired) electrons. The van der Waals surface area contributed by atoms with Gasteiger partial charge in [0.05, 0.1) is 23.0 Å². The molecule has 0 aliphatic heterocycles. The van der Waals surface area contributed by atoms with E-state index in [0.29, 0.717) is 0 Å². The number of primary amides is 1. The van der Waals surface area contributed by atoms with Crippen molar-refractivity contribution >= 4 is 34.8 Å². The lowest BCUT2D eigenvalue weighted by Crippen LogP contribution is -2.67. The number of amides is 2. The van der Waals surface area contributed by atoms with Gasteiger partial charge >= 0.3 is 0 Å². The number of phenols is 1.